The van der Waals surface area contributed by atoms with Gasteiger partial charge in [-0.15, -0.1) is 0 Å². The zero-order valence-corrected chi connectivity index (χ0v) is 12.6. The molecule has 1 aromatic carbocycles. The van der Waals surface area contributed by atoms with E-state index in [1.165, 1.54) is 29.2 Å². The minimum absolute atomic E-state index is 0.0202. The van der Waals surface area contributed by atoms with Gasteiger partial charge in [-0.2, -0.15) is 0 Å². The summed E-state index contributed by atoms with van der Waals surface area (Å²) in [5, 5.41) is 19.4. The van der Waals surface area contributed by atoms with Gasteiger partial charge >= 0.3 is 5.97 Å². The first-order valence-corrected chi connectivity index (χ1v) is 6.80. The molecule has 1 N–H and O–H groups in total. The third kappa shape index (κ3) is 5.13. The smallest absolute Gasteiger partial charge is 0.317 e. The van der Waals surface area contributed by atoms with E-state index in [1.807, 2.05) is 6.92 Å². The molecule has 0 spiro atoms. The number of benzene rings is 1. The minimum atomic E-state index is -0.987. The zero-order chi connectivity index (χ0) is 16.7. The summed E-state index contributed by atoms with van der Waals surface area (Å²) < 4.78 is 0. The number of anilines is 1. The van der Waals surface area contributed by atoms with Crippen LogP contribution in [0.2, 0.25) is 0 Å². The van der Waals surface area contributed by atoms with Gasteiger partial charge in [-0.25, -0.2) is 0 Å². The van der Waals surface area contributed by atoms with E-state index in [-0.39, 0.29) is 24.7 Å². The maximum Gasteiger partial charge on any atom is 0.317 e. The molecule has 0 saturated carbocycles. The van der Waals surface area contributed by atoms with Crippen molar-refractivity contribution in [2.24, 2.45) is 0 Å². The standard InChI is InChI=1S/C14H19N3O5/c1-3-8-16(10-14(19)20)9-13(18)15(2)11-4-6-12(7-5-11)17(21)22/h4-7H,3,8-10H2,1-2H3,(H,19,20). The summed E-state index contributed by atoms with van der Waals surface area (Å²) in [6, 6.07) is 5.61. The Morgan fingerprint density at radius 3 is 2.27 bits per heavy atom. The van der Waals surface area contributed by atoms with Crippen LogP contribution in [-0.4, -0.2) is 53.5 Å². The second-order valence-electron chi connectivity index (χ2n) is 4.83. The molecular weight excluding hydrogens is 290 g/mol. The molecule has 0 unspecified atom stereocenters. The fourth-order valence-corrected chi connectivity index (χ4v) is 1.96. The van der Waals surface area contributed by atoms with Crippen molar-refractivity contribution in [3.05, 3.63) is 34.4 Å². The van der Waals surface area contributed by atoms with E-state index in [9.17, 15) is 19.7 Å². The average Bonchev–Trinajstić information content (AvgIpc) is 2.46. The van der Waals surface area contributed by atoms with Gasteiger partial charge < -0.3 is 10.0 Å². The van der Waals surface area contributed by atoms with Crippen LogP contribution in [0.4, 0.5) is 11.4 Å². The highest BCUT2D eigenvalue weighted by Gasteiger charge is 2.18. The van der Waals surface area contributed by atoms with Crippen LogP contribution >= 0.6 is 0 Å². The predicted molar refractivity (Wildman–Crippen MR) is 80.9 cm³/mol. The van der Waals surface area contributed by atoms with Crippen LogP contribution < -0.4 is 4.90 Å². The van der Waals surface area contributed by atoms with Crippen molar-refractivity contribution in [1.82, 2.24) is 4.90 Å². The fourth-order valence-electron chi connectivity index (χ4n) is 1.96. The summed E-state index contributed by atoms with van der Waals surface area (Å²) in [5.74, 6) is -1.26. The lowest BCUT2D eigenvalue weighted by molar-refractivity contribution is -0.384. The number of carbonyl (C=O) groups excluding carboxylic acids is 1. The van der Waals surface area contributed by atoms with Crippen molar-refractivity contribution in [3.8, 4) is 0 Å². The molecule has 0 fully saturated rings. The number of aliphatic carboxylic acids is 1. The maximum absolute atomic E-state index is 12.2. The zero-order valence-electron chi connectivity index (χ0n) is 12.6. The highest BCUT2D eigenvalue weighted by atomic mass is 16.6. The number of rotatable bonds is 8. The van der Waals surface area contributed by atoms with Crippen LogP contribution in [0.25, 0.3) is 0 Å². The topological polar surface area (TPSA) is 104 Å². The largest absolute Gasteiger partial charge is 0.480 e. The summed E-state index contributed by atoms with van der Waals surface area (Å²) >= 11 is 0. The lowest BCUT2D eigenvalue weighted by Gasteiger charge is -2.23. The number of carboxylic acid groups (broad SMARTS) is 1. The number of carbonyl (C=O) groups is 2. The van der Waals surface area contributed by atoms with Crippen molar-refractivity contribution < 1.29 is 19.6 Å². The van der Waals surface area contributed by atoms with Crippen LogP contribution in [0.15, 0.2) is 24.3 Å². The number of nitro benzene ring substituents is 1. The molecule has 8 nitrogen and oxygen atoms in total. The molecule has 0 atom stereocenters. The molecule has 0 aliphatic carbocycles. The third-order valence-corrected chi connectivity index (χ3v) is 3.08. The summed E-state index contributed by atoms with van der Waals surface area (Å²) in [4.78, 5) is 36.0. The van der Waals surface area contributed by atoms with Crippen LogP contribution in [0.3, 0.4) is 0 Å². The van der Waals surface area contributed by atoms with Crippen molar-refractivity contribution in [3.63, 3.8) is 0 Å². The Morgan fingerprint density at radius 1 is 1.23 bits per heavy atom. The Balaban J connectivity index is 2.74. The molecule has 1 rings (SSSR count). The Hall–Kier alpha value is -2.48. The maximum atomic E-state index is 12.2. The fraction of sp³-hybridized carbons (Fsp3) is 0.429. The average molecular weight is 309 g/mol. The molecule has 0 saturated heterocycles. The molecule has 1 aromatic rings. The molecule has 0 bridgehead atoms. The highest BCUT2D eigenvalue weighted by Crippen LogP contribution is 2.18. The highest BCUT2D eigenvalue weighted by molar-refractivity contribution is 5.94. The van der Waals surface area contributed by atoms with E-state index in [0.29, 0.717) is 12.2 Å². The van der Waals surface area contributed by atoms with E-state index in [0.717, 1.165) is 6.42 Å². The lowest BCUT2D eigenvalue weighted by Crippen LogP contribution is -2.41. The van der Waals surface area contributed by atoms with Gasteiger partial charge in [-0.05, 0) is 25.1 Å². The molecule has 22 heavy (non-hydrogen) atoms. The van der Waals surface area contributed by atoms with E-state index < -0.39 is 10.9 Å². The monoisotopic (exact) mass is 309 g/mol. The van der Waals surface area contributed by atoms with Crippen molar-refractivity contribution in [1.29, 1.82) is 0 Å². The first-order valence-electron chi connectivity index (χ1n) is 6.80. The Morgan fingerprint density at radius 2 is 1.82 bits per heavy atom. The van der Waals surface area contributed by atoms with Gasteiger partial charge in [0.1, 0.15) is 0 Å². The molecular formula is C14H19N3O5. The summed E-state index contributed by atoms with van der Waals surface area (Å²) in [7, 11) is 1.55. The van der Waals surface area contributed by atoms with Crippen molar-refractivity contribution >= 4 is 23.3 Å². The number of nitrogens with zero attached hydrogens (tertiary/aromatic N) is 3. The number of hydrogen-bond acceptors (Lipinski definition) is 5. The Bertz CT molecular complexity index is 544. The molecule has 0 aliphatic rings. The molecule has 120 valence electrons. The number of non-ortho nitro benzene ring substituents is 1. The summed E-state index contributed by atoms with van der Waals surface area (Å²) in [6.45, 7) is 2.19. The molecule has 8 heteroatoms. The summed E-state index contributed by atoms with van der Waals surface area (Å²) in [6.07, 6.45) is 0.738. The van der Waals surface area contributed by atoms with Gasteiger partial charge in [0.15, 0.2) is 0 Å². The Kier molecular flexibility index (Phi) is 6.46. The number of amides is 1. The molecule has 0 heterocycles. The van der Waals surface area contributed by atoms with E-state index in [4.69, 9.17) is 5.11 Å². The molecule has 1 amide bonds. The minimum Gasteiger partial charge on any atom is -0.480 e. The van der Waals surface area contributed by atoms with Crippen LogP contribution in [0.5, 0.6) is 0 Å². The predicted octanol–water partition coefficient (Wildman–Crippen LogP) is 1.35. The third-order valence-electron chi connectivity index (χ3n) is 3.08. The lowest BCUT2D eigenvalue weighted by atomic mass is 10.2. The SMILES string of the molecule is CCCN(CC(=O)O)CC(=O)N(C)c1ccc([N+](=O)[O-])cc1. The van der Waals surface area contributed by atoms with Gasteiger partial charge in [0.05, 0.1) is 18.0 Å². The first kappa shape index (κ1) is 17.6. The number of nitro groups is 1. The van der Waals surface area contributed by atoms with Gasteiger partial charge in [0.25, 0.3) is 5.69 Å². The molecule has 0 aromatic heterocycles. The number of carboxylic acids is 1. The Labute approximate surface area is 128 Å². The second kappa shape index (κ2) is 8.08. The number of hydrogen-bond donors (Lipinski definition) is 1. The van der Waals surface area contributed by atoms with Gasteiger partial charge in [0.2, 0.25) is 5.91 Å². The quantitative estimate of drug-likeness (QED) is 0.574. The van der Waals surface area contributed by atoms with Gasteiger partial charge in [-0.3, -0.25) is 24.6 Å². The van der Waals surface area contributed by atoms with E-state index in [2.05, 4.69) is 0 Å². The van der Waals surface area contributed by atoms with E-state index in [1.54, 1.807) is 11.9 Å². The molecule has 0 aliphatic heterocycles. The van der Waals surface area contributed by atoms with Crippen LogP contribution in [-0.2, 0) is 9.59 Å². The van der Waals surface area contributed by atoms with Crippen LogP contribution in [0.1, 0.15) is 13.3 Å². The van der Waals surface area contributed by atoms with Gasteiger partial charge in [0, 0.05) is 24.9 Å². The van der Waals surface area contributed by atoms with Gasteiger partial charge in [-0.1, -0.05) is 6.92 Å². The molecule has 0 radical (unpaired) electrons. The second-order valence-corrected chi connectivity index (χ2v) is 4.83. The first-order chi connectivity index (χ1) is 10.3. The summed E-state index contributed by atoms with van der Waals surface area (Å²) in [5.41, 5.74) is 0.463. The number of likely N-dealkylation sites (N-methyl/N-ethyl adjacent to an activating group) is 1. The van der Waals surface area contributed by atoms with Crippen molar-refractivity contribution in [2.75, 3.05) is 31.6 Å². The van der Waals surface area contributed by atoms with Crippen LogP contribution in [0, 0.1) is 10.1 Å². The van der Waals surface area contributed by atoms with E-state index >= 15 is 0 Å². The van der Waals surface area contributed by atoms with Crippen molar-refractivity contribution in [2.45, 2.75) is 13.3 Å². The normalized spacial score (nSPS) is 10.5.